The number of carbonyl (C=O) groups is 1. The van der Waals surface area contributed by atoms with Crippen LogP contribution in [0.5, 0.6) is 5.75 Å². The summed E-state index contributed by atoms with van der Waals surface area (Å²) in [6.07, 6.45) is 2.67. The zero-order valence-electron chi connectivity index (χ0n) is 9.05. The predicted octanol–water partition coefficient (Wildman–Crippen LogP) is 1.86. The summed E-state index contributed by atoms with van der Waals surface area (Å²) in [4.78, 5) is 19.4. The maximum Gasteiger partial charge on any atom is 0.214 e. The minimum absolute atomic E-state index is 0.0323. The van der Waals surface area contributed by atoms with Crippen molar-refractivity contribution in [2.24, 2.45) is 0 Å². The quantitative estimate of drug-likeness (QED) is 0.758. The molecule has 0 radical (unpaired) electrons. The summed E-state index contributed by atoms with van der Waals surface area (Å²) in [5, 5.41) is 0. The van der Waals surface area contributed by atoms with Gasteiger partial charge in [-0.05, 0) is 18.2 Å². The summed E-state index contributed by atoms with van der Waals surface area (Å²) >= 11 is 0. The van der Waals surface area contributed by atoms with E-state index in [0.29, 0.717) is 0 Å². The van der Waals surface area contributed by atoms with E-state index in [4.69, 9.17) is 4.74 Å². The van der Waals surface area contributed by atoms with Crippen LogP contribution in [-0.4, -0.2) is 22.9 Å². The van der Waals surface area contributed by atoms with Gasteiger partial charge in [-0.2, -0.15) is 0 Å². The van der Waals surface area contributed by atoms with Gasteiger partial charge in [0, 0.05) is 6.20 Å². The number of ketones is 1. The van der Waals surface area contributed by atoms with Gasteiger partial charge in [-0.1, -0.05) is 6.07 Å². The Morgan fingerprint density at radius 1 is 1.35 bits per heavy atom. The van der Waals surface area contributed by atoms with Gasteiger partial charge < -0.3 is 4.74 Å². The third-order valence-electron chi connectivity index (χ3n) is 2.24. The number of nitrogens with zero attached hydrogens (tertiary/aromatic N) is 2. The SMILES string of the molecule is COc1cccc(C(=O)c2ccncn2)c1F. The Balaban J connectivity index is 2.45. The van der Waals surface area contributed by atoms with Crippen LogP contribution in [0.1, 0.15) is 16.1 Å². The fourth-order valence-electron chi connectivity index (χ4n) is 1.41. The molecule has 0 saturated carbocycles. The third kappa shape index (κ3) is 2.13. The van der Waals surface area contributed by atoms with Gasteiger partial charge in [0.15, 0.2) is 11.6 Å². The topological polar surface area (TPSA) is 52.1 Å². The zero-order valence-corrected chi connectivity index (χ0v) is 9.05. The molecular weight excluding hydrogens is 223 g/mol. The van der Waals surface area contributed by atoms with Crippen LogP contribution in [-0.2, 0) is 0 Å². The number of benzene rings is 1. The summed E-state index contributed by atoms with van der Waals surface area (Å²) in [6.45, 7) is 0. The van der Waals surface area contributed by atoms with Crippen molar-refractivity contribution in [3.8, 4) is 5.75 Å². The van der Waals surface area contributed by atoms with Crippen LogP contribution >= 0.6 is 0 Å². The van der Waals surface area contributed by atoms with E-state index in [-0.39, 0.29) is 17.0 Å². The lowest BCUT2D eigenvalue weighted by molar-refractivity contribution is 0.102. The van der Waals surface area contributed by atoms with Gasteiger partial charge in [0.1, 0.15) is 12.0 Å². The lowest BCUT2D eigenvalue weighted by Crippen LogP contribution is -2.07. The number of rotatable bonds is 3. The first kappa shape index (κ1) is 11.2. The van der Waals surface area contributed by atoms with E-state index in [9.17, 15) is 9.18 Å². The van der Waals surface area contributed by atoms with E-state index in [1.165, 1.54) is 37.8 Å². The van der Waals surface area contributed by atoms with E-state index in [2.05, 4.69) is 9.97 Å². The Morgan fingerprint density at radius 2 is 2.18 bits per heavy atom. The van der Waals surface area contributed by atoms with Gasteiger partial charge >= 0.3 is 0 Å². The highest BCUT2D eigenvalue weighted by molar-refractivity contribution is 6.08. The highest BCUT2D eigenvalue weighted by Crippen LogP contribution is 2.21. The Labute approximate surface area is 97.1 Å². The molecule has 0 spiro atoms. The molecule has 1 heterocycles. The number of halogens is 1. The largest absolute Gasteiger partial charge is 0.494 e. The second-order valence-corrected chi connectivity index (χ2v) is 3.25. The van der Waals surface area contributed by atoms with Crippen molar-refractivity contribution in [2.45, 2.75) is 0 Å². The van der Waals surface area contributed by atoms with Gasteiger partial charge in [0.05, 0.1) is 12.7 Å². The molecule has 0 aliphatic rings. The van der Waals surface area contributed by atoms with Crippen LogP contribution in [0.4, 0.5) is 4.39 Å². The molecule has 0 bridgehead atoms. The van der Waals surface area contributed by atoms with Crippen LogP contribution in [0, 0.1) is 5.82 Å². The molecule has 0 aliphatic carbocycles. The molecule has 0 saturated heterocycles. The first-order chi connectivity index (χ1) is 8.24. The van der Waals surface area contributed by atoms with E-state index < -0.39 is 11.6 Å². The predicted molar refractivity (Wildman–Crippen MR) is 58.4 cm³/mol. The fourth-order valence-corrected chi connectivity index (χ4v) is 1.41. The highest BCUT2D eigenvalue weighted by Gasteiger charge is 2.17. The average molecular weight is 232 g/mol. The van der Waals surface area contributed by atoms with Gasteiger partial charge in [-0.25, -0.2) is 14.4 Å². The van der Waals surface area contributed by atoms with E-state index in [1.807, 2.05) is 0 Å². The van der Waals surface area contributed by atoms with Crippen molar-refractivity contribution in [3.05, 3.63) is 53.9 Å². The molecule has 1 aromatic heterocycles. The summed E-state index contributed by atoms with van der Waals surface area (Å²) in [5.74, 6) is -1.15. The number of aromatic nitrogens is 2. The molecule has 17 heavy (non-hydrogen) atoms. The van der Waals surface area contributed by atoms with Crippen molar-refractivity contribution in [1.29, 1.82) is 0 Å². The molecule has 86 valence electrons. The van der Waals surface area contributed by atoms with Crippen molar-refractivity contribution in [3.63, 3.8) is 0 Å². The molecule has 0 amide bonds. The summed E-state index contributed by atoms with van der Waals surface area (Å²) < 4.78 is 18.6. The molecule has 0 atom stereocenters. The third-order valence-corrected chi connectivity index (χ3v) is 2.24. The molecular formula is C12H9FN2O2. The summed E-state index contributed by atoms with van der Waals surface area (Å²) in [5.41, 5.74) is 0.0789. The van der Waals surface area contributed by atoms with Crippen molar-refractivity contribution >= 4 is 5.78 Å². The van der Waals surface area contributed by atoms with E-state index in [1.54, 1.807) is 6.07 Å². The highest BCUT2D eigenvalue weighted by atomic mass is 19.1. The molecule has 0 unspecified atom stereocenters. The Kier molecular flexibility index (Phi) is 3.09. The van der Waals surface area contributed by atoms with Gasteiger partial charge in [0.2, 0.25) is 5.78 Å². The maximum absolute atomic E-state index is 13.8. The number of carbonyl (C=O) groups excluding carboxylic acids is 1. The number of ether oxygens (including phenoxy) is 1. The first-order valence-corrected chi connectivity index (χ1v) is 4.87. The lowest BCUT2D eigenvalue weighted by atomic mass is 10.1. The standard InChI is InChI=1S/C12H9FN2O2/c1-17-10-4-2-3-8(11(10)13)12(16)9-5-6-14-7-15-9/h2-7H,1H3. The van der Waals surface area contributed by atoms with Crippen molar-refractivity contribution in [1.82, 2.24) is 9.97 Å². The summed E-state index contributed by atoms with van der Waals surface area (Å²) in [7, 11) is 1.34. The Hall–Kier alpha value is -2.30. The van der Waals surface area contributed by atoms with Crippen LogP contribution in [0.25, 0.3) is 0 Å². The van der Waals surface area contributed by atoms with Gasteiger partial charge in [-0.3, -0.25) is 4.79 Å². The Morgan fingerprint density at radius 3 is 2.82 bits per heavy atom. The van der Waals surface area contributed by atoms with Crippen LogP contribution in [0.2, 0.25) is 0 Å². The van der Waals surface area contributed by atoms with Gasteiger partial charge in [-0.15, -0.1) is 0 Å². The number of methoxy groups -OCH3 is 1. The van der Waals surface area contributed by atoms with Crippen molar-refractivity contribution < 1.29 is 13.9 Å². The minimum Gasteiger partial charge on any atom is -0.494 e. The molecule has 0 N–H and O–H groups in total. The smallest absolute Gasteiger partial charge is 0.214 e. The molecule has 4 nitrogen and oxygen atoms in total. The first-order valence-electron chi connectivity index (χ1n) is 4.87. The summed E-state index contributed by atoms with van der Waals surface area (Å²) in [6, 6.07) is 5.83. The van der Waals surface area contributed by atoms with E-state index in [0.717, 1.165) is 0 Å². The molecule has 5 heteroatoms. The molecule has 2 rings (SSSR count). The fraction of sp³-hybridized carbons (Fsp3) is 0.0833. The number of hydrogen-bond acceptors (Lipinski definition) is 4. The lowest BCUT2D eigenvalue weighted by Gasteiger charge is -2.05. The second-order valence-electron chi connectivity index (χ2n) is 3.25. The Bertz CT molecular complexity index is 543. The number of hydrogen-bond donors (Lipinski definition) is 0. The van der Waals surface area contributed by atoms with Crippen LogP contribution < -0.4 is 4.74 Å². The normalized spacial score (nSPS) is 10.0. The second kappa shape index (κ2) is 4.69. The zero-order chi connectivity index (χ0) is 12.3. The van der Waals surface area contributed by atoms with Crippen LogP contribution in [0.3, 0.4) is 0 Å². The van der Waals surface area contributed by atoms with Gasteiger partial charge in [0.25, 0.3) is 0 Å². The van der Waals surface area contributed by atoms with E-state index >= 15 is 0 Å². The van der Waals surface area contributed by atoms with Crippen molar-refractivity contribution in [2.75, 3.05) is 7.11 Å². The molecule has 0 fully saturated rings. The average Bonchev–Trinajstić information content (AvgIpc) is 2.39. The monoisotopic (exact) mass is 232 g/mol. The van der Waals surface area contributed by atoms with Crippen LogP contribution in [0.15, 0.2) is 36.8 Å². The molecule has 1 aromatic carbocycles. The molecule has 2 aromatic rings. The minimum atomic E-state index is -0.682. The molecule has 0 aliphatic heterocycles. The maximum atomic E-state index is 13.8.